The lowest BCUT2D eigenvalue weighted by Gasteiger charge is -2.36. The Morgan fingerprint density at radius 2 is 1.54 bits per heavy atom. The highest BCUT2D eigenvalue weighted by atomic mass is 16.5. The van der Waals surface area contributed by atoms with Gasteiger partial charge >= 0.3 is 0 Å². The molecular weight excluding hydrogens is 328 g/mol. The molecule has 0 amide bonds. The quantitative estimate of drug-likeness (QED) is 0.833. The molecule has 7 heteroatoms. The van der Waals surface area contributed by atoms with Crippen molar-refractivity contribution >= 4 is 11.6 Å². The Kier molecular flexibility index (Phi) is 5.06. The van der Waals surface area contributed by atoms with E-state index in [1.807, 2.05) is 13.8 Å². The molecule has 0 radical (unpaired) electrons. The predicted molar refractivity (Wildman–Crippen MR) is 102 cm³/mol. The normalized spacial score (nSPS) is 19.2. The summed E-state index contributed by atoms with van der Waals surface area (Å²) in [5.74, 6) is 3.07. The summed E-state index contributed by atoms with van der Waals surface area (Å²) in [6, 6.07) is 2.16. The molecule has 4 heterocycles. The Morgan fingerprint density at radius 3 is 2.15 bits per heavy atom. The molecule has 0 aromatic carbocycles. The maximum absolute atomic E-state index is 5.29. The minimum atomic E-state index is 0.914. The molecule has 2 aliphatic heterocycles. The van der Waals surface area contributed by atoms with Crippen LogP contribution in [0, 0.1) is 13.8 Å². The number of hydrogen-bond donors (Lipinski definition) is 0. The van der Waals surface area contributed by atoms with E-state index in [4.69, 9.17) is 4.52 Å². The van der Waals surface area contributed by atoms with Crippen molar-refractivity contribution in [3.63, 3.8) is 0 Å². The number of aryl methyl sites for hydroxylation is 2. The van der Waals surface area contributed by atoms with Crippen LogP contribution >= 0.6 is 0 Å². The Hall–Kier alpha value is -2.15. The number of piperazine rings is 1. The van der Waals surface area contributed by atoms with E-state index in [9.17, 15) is 0 Å². The smallest absolute Gasteiger partial charge is 0.138 e. The Bertz CT molecular complexity index is 712. The van der Waals surface area contributed by atoms with Gasteiger partial charge in [0.25, 0.3) is 0 Å². The third-order valence-corrected chi connectivity index (χ3v) is 5.58. The largest absolute Gasteiger partial charge is 0.361 e. The molecule has 2 aromatic heterocycles. The van der Waals surface area contributed by atoms with E-state index >= 15 is 0 Å². The average Bonchev–Trinajstić information content (AvgIpc) is 3.01. The summed E-state index contributed by atoms with van der Waals surface area (Å²) in [7, 11) is 0. The van der Waals surface area contributed by atoms with Gasteiger partial charge in [0.15, 0.2) is 0 Å². The summed E-state index contributed by atoms with van der Waals surface area (Å²) in [5.41, 5.74) is 2.24. The highest BCUT2D eigenvalue weighted by molar-refractivity contribution is 5.50. The molecule has 0 saturated carbocycles. The summed E-state index contributed by atoms with van der Waals surface area (Å²) < 4.78 is 5.29. The summed E-state index contributed by atoms with van der Waals surface area (Å²) in [4.78, 5) is 16.3. The van der Waals surface area contributed by atoms with Crippen molar-refractivity contribution < 1.29 is 4.52 Å². The van der Waals surface area contributed by atoms with Gasteiger partial charge in [-0.3, -0.25) is 4.90 Å². The Balaban J connectivity index is 1.37. The Morgan fingerprint density at radius 1 is 0.885 bits per heavy atom. The fourth-order valence-electron chi connectivity index (χ4n) is 3.89. The molecule has 140 valence electrons. The molecule has 26 heavy (non-hydrogen) atoms. The third-order valence-electron chi connectivity index (χ3n) is 5.58. The van der Waals surface area contributed by atoms with Crippen molar-refractivity contribution in [3.8, 4) is 0 Å². The lowest BCUT2D eigenvalue weighted by Crippen LogP contribution is -2.46. The number of piperidine rings is 1. The van der Waals surface area contributed by atoms with Gasteiger partial charge in [-0.2, -0.15) is 0 Å². The van der Waals surface area contributed by atoms with E-state index in [0.29, 0.717) is 0 Å². The monoisotopic (exact) mass is 356 g/mol. The van der Waals surface area contributed by atoms with E-state index in [0.717, 1.165) is 68.9 Å². The zero-order chi connectivity index (χ0) is 17.9. The first-order valence-corrected chi connectivity index (χ1v) is 9.67. The summed E-state index contributed by atoms with van der Waals surface area (Å²) in [6.07, 6.45) is 5.58. The van der Waals surface area contributed by atoms with Crippen LogP contribution in [0.3, 0.4) is 0 Å². The molecule has 2 aromatic rings. The van der Waals surface area contributed by atoms with E-state index in [1.54, 1.807) is 6.33 Å². The second-order valence-electron chi connectivity index (χ2n) is 7.35. The lowest BCUT2D eigenvalue weighted by atomic mass is 10.1. The molecule has 0 spiro atoms. The van der Waals surface area contributed by atoms with Crippen LogP contribution in [0.4, 0.5) is 11.6 Å². The first-order valence-electron chi connectivity index (χ1n) is 9.67. The van der Waals surface area contributed by atoms with E-state index in [-0.39, 0.29) is 0 Å². The molecule has 2 fully saturated rings. The topological polar surface area (TPSA) is 61.5 Å². The van der Waals surface area contributed by atoms with Crippen LogP contribution in [0.5, 0.6) is 0 Å². The van der Waals surface area contributed by atoms with E-state index in [1.165, 1.54) is 24.8 Å². The molecule has 0 atom stereocenters. The molecule has 2 aliphatic rings. The number of anilines is 2. The summed E-state index contributed by atoms with van der Waals surface area (Å²) in [6.45, 7) is 11.2. The van der Waals surface area contributed by atoms with Crippen molar-refractivity contribution in [2.75, 3.05) is 49.1 Å². The zero-order valence-corrected chi connectivity index (χ0v) is 15.8. The van der Waals surface area contributed by atoms with Gasteiger partial charge in [-0.1, -0.05) is 5.16 Å². The van der Waals surface area contributed by atoms with Crippen LogP contribution in [-0.2, 0) is 6.54 Å². The van der Waals surface area contributed by atoms with Crippen molar-refractivity contribution in [2.24, 2.45) is 0 Å². The fraction of sp³-hybridized carbons (Fsp3) is 0.632. The second-order valence-corrected chi connectivity index (χ2v) is 7.35. The van der Waals surface area contributed by atoms with Crippen LogP contribution in [0.15, 0.2) is 16.9 Å². The van der Waals surface area contributed by atoms with Gasteiger partial charge in [0.1, 0.15) is 23.7 Å². The SMILES string of the molecule is Cc1noc(C)c1CN1CCN(c2cc(N3CCCCC3)ncn2)CC1. The molecule has 0 unspecified atom stereocenters. The Labute approximate surface area is 155 Å². The van der Waals surface area contributed by atoms with Gasteiger partial charge in [0.05, 0.1) is 5.69 Å². The summed E-state index contributed by atoms with van der Waals surface area (Å²) >= 11 is 0. The predicted octanol–water partition coefficient (Wildman–Crippen LogP) is 2.39. The second kappa shape index (κ2) is 7.61. The average molecular weight is 356 g/mol. The highest BCUT2D eigenvalue weighted by Gasteiger charge is 2.22. The van der Waals surface area contributed by atoms with Crippen LogP contribution in [0.1, 0.15) is 36.3 Å². The maximum atomic E-state index is 5.29. The number of rotatable bonds is 4. The minimum Gasteiger partial charge on any atom is -0.361 e. The van der Waals surface area contributed by atoms with Gasteiger partial charge in [-0.15, -0.1) is 0 Å². The molecule has 7 nitrogen and oxygen atoms in total. The molecule has 4 rings (SSSR count). The van der Waals surface area contributed by atoms with Crippen LogP contribution < -0.4 is 9.80 Å². The standard InChI is InChI=1S/C19H28N6O/c1-15-17(16(2)26-22-15)13-23-8-10-25(11-9-23)19-12-18(20-14-21-19)24-6-4-3-5-7-24/h12,14H,3-11,13H2,1-2H3. The zero-order valence-electron chi connectivity index (χ0n) is 15.8. The molecular formula is C19H28N6O. The van der Waals surface area contributed by atoms with E-state index in [2.05, 4.69) is 35.9 Å². The van der Waals surface area contributed by atoms with Gasteiger partial charge in [-0.05, 0) is 33.1 Å². The van der Waals surface area contributed by atoms with Gasteiger partial charge in [0, 0.05) is 57.4 Å². The number of hydrogen-bond acceptors (Lipinski definition) is 7. The summed E-state index contributed by atoms with van der Waals surface area (Å²) in [5, 5.41) is 4.06. The van der Waals surface area contributed by atoms with Crippen molar-refractivity contribution in [2.45, 2.75) is 39.7 Å². The van der Waals surface area contributed by atoms with Crippen LogP contribution in [0.25, 0.3) is 0 Å². The minimum absolute atomic E-state index is 0.914. The first-order chi connectivity index (χ1) is 12.7. The molecule has 0 N–H and O–H groups in total. The third kappa shape index (κ3) is 3.67. The van der Waals surface area contributed by atoms with Crippen LogP contribution in [0.2, 0.25) is 0 Å². The van der Waals surface area contributed by atoms with Crippen molar-refractivity contribution in [3.05, 3.63) is 29.4 Å². The van der Waals surface area contributed by atoms with Crippen molar-refractivity contribution in [1.82, 2.24) is 20.0 Å². The lowest BCUT2D eigenvalue weighted by molar-refractivity contribution is 0.247. The van der Waals surface area contributed by atoms with Gasteiger partial charge in [0.2, 0.25) is 0 Å². The maximum Gasteiger partial charge on any atom is 0.138 e. The first kappa shape index (κ1) is 17.3. The van der Waals surface area contributed by atoms with E-state index < -0.39 is 0 Å². The fourth-order valence-corrected chi connectivity index (χ4v) is 3.89. The number of nitrogens with zero attached hydrogens (tertiary/aromatic N) is 6. The van der Waals surface area contributed by atoms with Gasteiger partial charge < -0.3 is 14.3 Å². The van der Waals surface area contributed by atoms with Crippen LogP contribution in [-0.4, -0.2) is 59.3 Å². The van der Waals surface area contributed by atoms with Gasteiger partial charge in [-0.25, -0.2) is 9.97 Å². The molecule has 2 saturated heterocycles. The highest BCUT2D eigenvalue weighted by Crippen LogP contribution is 2.23. The molecule has 0 aliphatic carbocycles. The number of aromatic nitrogens is 3. The van der Waals surface area contributed by atoms with Crippen molar-refractivity contribution in [1.29, 1.82) is 0 Å². The molecule has 0 bridgehead atoms.